The molecule has 2 heteroatoms. The third-order valence-electron chi connectivity index (χ3n) is 13.1. The van der Waals surface area contributed by atoms with Gasteiger partial charge in [0.05, 0.1) is 11.0 Å². The van der Waals surface area contributed by atoms with Gasteiger partial charge in [-0.3, -0.25) is 0 Å². The molecular formula is C56H39NSi. The van der Waals surface area contributed by atoms with Crippen molar-refractivity contribution in [2.75, 3.05) is 0 Å². The van der Waals surface area contributed by atoms with Crippen LogP contribution in [-0.2, 0) is 0 Å². The molecule has 0 radical (unpaired) electrons. The lowest BCUT2D eigenvalue weighted by Gasteiger charge is -2.42. The summed E-state index contributed by atoms with van der Waals surface area (Å²) in [5.74, 6) is 0.423. The van der Waals surface area contributed by atoms with Crippen molar-refractivity contribution in [2.24, 2.45) is 0 Å². The van der Waals surface area contributed by atoms with Crippen LogP contribution in [-0.4, -0.2) is 12.6 Å². The molecule has 0 fully saturated rings. The molecule has 272 valence electrons. The average molecular weight is 754 g/mol. The van der Waals surface area contributed by atoms with Crippen molar-refractivity contribution in [2.45, 2.75) is 11.8 Å². The van der Waals surface area contributed by atoms with Crippen molar-refractivity contribution in [1.82, 2.24) is 4.57 Å². The molecular weight excluding hydrogens is 715 g/mol. The molecule has 0 unspecified atom stereocenters. The van der Waals surface area contributed by atoms with Crippen LogP contribution in [0.3, 0.4) is 0 Å². The minimum Gasteiger partial charge on any atom is -0.309 e. The van der Waals surface area contributed by atoms with Crippen LogP contribution in [0.15, 0.2) is 224 Å². The second-order valence-corrected chi connectivity index (χ2v) is 19.7. The van der Waals surface area contributed by atoms with Gasteiger partial charge in [-0.15, -0.1) is 0 Å². The van der Waals surface area contributed by atoms with E-state index in [-0.39, 0.29) is 11.8 Å². The first-order valence-corrected chi connectivity index (χ1v) is 22.4. The van der Waals surface area contributed by atoms with Crippen LogP contribution >= 0.6 is 0 Å². The van der Waals surface area contributed by atoms with E-state index in [0.29, 0.717) is 0 Å². The molecule has 0 spiro atoms. The molecule has 0 saturated carbocycles. The van der Waals surface area contributed by atoms with Crippen molar-refractivity contribution >= 4 is 50.6 Å². The average Bonchev–Trinajstić information content (AvgIpc) is 3.65. The molecule has 1 heterocycles. The third-order valence-corrected chi connectivity index (χ3v) is 17.9. The Morgan fingerprint density at radius 2 is 0.828 bits per heavy atom. The number of hydrogen-bond acceptors (Lipinski definition) is 0. The van der Waals surface area contributed by atoms with E-state index in [1.807, 2.05) is 0 Å². The Bertz CT molecular complexity index is 3090. The summed E-state index contributed by atoms with van der Waals surface area (Å²) >= 11 is 0. The van der Waals surface area contributed by atoms with Crippen molar-refractivity contribution < 1.29 is 0 Å². The largest absolute Gasteiger partial charge is 0.309 e. The topological polar surface area (TPSA) is 4.93 Å². The Morgan fingerprint density at radius 1 is 0.328 bits per heavy atom. The fourth-order valence-electron chi connectivity index (χ4n) is 10.8. The SMILES string of the molecule is c1ccc(-c2cccc([Si](c3ccccc3)(c3ccccc3)c3cccc(-n4c5ccccc5c5c6c(ccc54)C4c5ccccc5C6c5ccccc54)c3)c2)cc1. The molecule has 0 amide bonds. The monoisotopic (exact) mass is 753 g/mol. The fourth-order valence-corrected chi connectivity index (χ4v) is 15.6. The molecule has 1 aromatic heterocycles. The molecule has 2 bridgehead atoms. The molecule has 0 atom stereocenters. The lowest BCUT2D eigenvalue weighted by Crippen LogP contribution is -2.74. The van der Waals surface area contributed by atoms with E-state index in [2.05, 4.69) is 229 Å². The number of nitrogens with zero attached hydrogens (tertiary/aromatic N) is 1. The second-order valence-electron chi connectivity index (χ2n) is 15.9. The van der Waals surface area contributed by atoms with Gasteiger partial charge >= 0.3 is 0 Å². The molecule has 0 saturated heterocycles. The minimum atomic E-state index is -2.87. The van der Waals surface area contributed by atoms with E-state index in [0.717, 1.165) is 0 Å². The smallest absolute Gasteiger partial charge is 0.179 e. The molecule has 58 heavy (non-hydrogen) atoms. The lowest BCUT2D eigenvalue weighted by atomic mass is 9.60. The van der Waals surface area contributed by atoms with Gasteiger partial charge in [-0.2, -0.15) is 0 Å². The normalized spacial score (nSPS) is 15.2. The summed E-state index contributed by atoms with van der Waals surface area (Å²) in [6.45, 7) is 0. The zero-order chi connectivity index (χ0) is 38.2. The number of benzene rings is 9. The van der Waals surface area contributed by atoms with Gasteiger partial charge in [0, 0.05) is 28.3 Å². The van der Waals surface area contributed by atoms with E-state index < -0.39 is 8.07 Å². The first kappa shape index (κ1) is 33.2. The molecule has 3 aliphatic rings. The van der Waals surface area contributed by atoms with Gasteiger partial charge in [-0.05, 0) is 89.5 Å². The highest BCUT2D eigenvalue weighted by Crippen LogP contribution is 2.58. The van der Waals surface area contributed by atoms with Gasteiger partial charge in [0.25, 0.3) is 0 Å². The quantitative estimate of drug-likeness (QED) is 0.118. The third kappa shape index (κ3) is 4.70. The van der Waals surface area contributed by atoms with Gasteiger partial charge < -0.3 is 4.57 Å². The van der Waals surface area contributed by atoms with Gasteiger partial charge in [0.2, 0.25) is 0 Å². The van der Waals surface area contributed by atoms with Gasteiger partial charge in [-0.25, -0.2) is 0 Å². The Balaban J connectivity index is 1.13. The maximum atomic E-state index is 2.55. The molecule has 9 aromatic carbocycles. The van der Waals surface area contributed by atoms with E-state index in [4.69, 9.17) is 0 Å². The standard InChI is InChI=1S/C56H39NSi/c1-4-18-38(19-5-1)39-20-16-26-43(36-39)58(41-22-6-2-7-23-41,42-24-8-3-9-25-42)44-27-17-21-40(37-44)57-51-33-15-14-32-49(51)55-52(57)35-34-50-53-45-28-10-12-30-47(45)54(56(50)55)48-31-13-11-29-46(48)53/h1-37,53-54H. The summed E-state index contributed by atoms with van der Waals surface area (Å²) in [6, 6.07) is 84.6. The molecule has 0 N–H and O–H groups in total. The zero-order valence-corrected chi connectivity index (χ0v) is 33.0. The number of rotatable bonds is 6. The van der Waals surface area contributed by atoms with Crippen molar-refractivity contribution in [3.8, 4) is 16.8 Å². The predicted octanol–water partition coefficient (Wildman–Crippen LogP) is 10.8. The maximum absolute atomic E-state index is 2.87. The van der Waals surface area contributed by atoms with Crippen molar-refractivity contribution in [3.05, 3.63) is 258 Å². The van der Waals surface area contributed by atoms with Crippen molar-refractivity contribution in [1.29, 1.82) is 0 Å². The molecule has 10 aromatic rings. The summed E-state index contributed by atoms with van der Waals surface area (Å²) in [4.78, 5) is 0. The van der Waals surface area contributed by atoms with E-state index in [9.17, 15) is 0 Å². The highest BCUT2D eigenvalue weighted by molar-refractivity contribution is 7.20. The zero-order valence-electron chi connectivity index (χ0n) is 32.0. The minimum absolute atomic E-state index is 0.190. The summed E-state index contributed by atoms with van der Waals surface area (Å²) in [7, 11) is -2.87. The predicted molar refractivity (Wildman–Crippen MR) is 245 cm³/mol. The number of aromatic nitrogens is 1. The van der Waals surface area contributed by atoms with Gasteiger partial charge in [0.1, 0.15) is 0 Å². The molecule has 3 aliphatic carbocycles. The Kier molecular flexibility index (Phi) is 7.45. The van der Waals surface area contributed by atoms with Crippen LogP contribution in [0.4, 0.5) is 0 Å². The summed E-state index contributed by atoms with van der Waals surface area (Å²) in [5, 5.41) is 8.16. The highest BCUT2D eigenvalue weighted by Gasteiger charge is 2.44. The first-order chi connectivity index (χ1) is 28.8. The molecule has 13 rings (SSSR count). The maximum Gasteiger partial charge on any atom is 0.179 e. The van der Waals surface area contributed by atoms with Gasteiger partial charge in [0.15, 0.2) is 8.07 Å². The number of para-hydroxylation sites is 1. The van der Waals surface area contributed by atoms with Crippen LogP contribution in [0.25, 0.3) is 38.6 Å². The number of fused-ring (bicyclic) bond motifs is 3. The fraction of sp³-hybridized carbons (Fsp3) is 0.0357. The van der Waals surface area contributed by atoms with Crippen LogP contribution in [0.2, 0.25) is 0 Å². The Labute approximate surface area is 340 Å². The van der Waals surface area contributed by atoms with Crippen LogP contribution < -0.4 is 20.7 Å². The van der Waals surface area contributed by atoms with Gasteiger partial charge in [-0.1, -0.05) is 200 Å². The molecule has 1 nitrogen and oxygen atoms in total. The molecule has 0 aliphatic heterocycles. The lowest BCUT2D eigenvalue weighted by molar-refractivity contribution is 0.761. The highest BCUT2D eigenvalue weighted by atomic mass is 28.3. The van der Waals surface area contributed by atoms with Crippen molar-refractivity contribution in [3.63, 3.8) is 0 Å². The Hall–Kier alpha value is -7.00. The number of hydrogen-bond donors (Lipinski definition) is 0. The first-order valence-electron chi connectivity index (χ1n) is 20.4. The van der Waals surface area contributed by atoms with Crippen LogP contribution in [0, 0.1) is 0 Å². The Morgan fingerprint density at radius 3 is 1.48 bits per heavy atom. The summed E-state index contributed by atoms with van der Waals surface area (Å²) in [5.41, 5.74) is 14.9. The summed E-state index contributed by atoms with van der Waals surface area (Å²) in [6.07, 6.45) is 0. The second kappa shape index (κ2) is 13.0. The van der Waals surface area contributed by atoms with E-state index >= 15 is 0 Å². The van der Waals surface area contributed by atoms with Crippen LogP contribution in [0.5, 0.6) is 0 Å². The van der Waals surface area contributed by atoms with E-state index in [1.54, 1.807) is 0 Å². The van der Waals surface area contributed by atoms with E-state index in [1.165, 1.54) is 92.7 Å². The van der Waals surface area contributed by atoms with Crippen LogP contribution in [0.1, 0.15) is 45.2 Å². The summed E-state index contributed by atoms with van der Waals surface area (Å²) < 4.78 is 2.55.